The zero-order valence-corrected chi connectivity index (χ0v) is 9.07. The van der Waals surface area contributed by atoms with Crippen LogP contribution in [-0.2, 0) is 4.79 Å². The van der Waals surface area contributed by atoms with Gasteiger partial charge in [0.2, 0.25) is 0 Å². The van der Waals surface area contributed by atoms with Crippen LogP contribution < -0.4 is 0 Å². The van der Waals surface area contributed by atoms with E-state index in [-0.39, 0.29) is 16.3 Å². The van der Waals surface area contributed by atoms with E-state index in [2.05, 4.69) is 4.99 Å². The Morgan fingerprint density at radius 3 is 2.81 bits per heavy atom. The fourth-order valence-electron chi connectivity index (χ4n) is 0.940. The summed E-state index contributed by atoms with van der Waals surface area (Å²) in [6, 6.07) is 0.996. The van der Waals surface area contributed by atoms with E-state index in [4.69, 9.17) is 16.7 Å². The highest BCUT2D eigenvalue weighted by atomic mass is 35.5. The molecule has 0 aliphatic carbocycles. The second-order valence-corrected chi connectivity index (χ2v) is 3.53. The third-order valence-electron chi connectivity index (χ3n) is 1.85. The van der Waals surface area contributed by atoms with E-state index >= 15 is 0 Å². The van der Waals surface area contributed by atoms with Crippen LogP contribution in [0.25, 0.3) is 0 Å². The molecular formula is C10H9ClFNO3. The van der Waals surface area contributed by atoms with Crippen LogP contribution in [0.15, 0.2) is 17.1 Å². The van der Waals surface area contributed by atoms with Crippen LogP contribution in [0.5, 0.6) is 5.75 Å². The molecule has 1 atom stereocenters. The van der Waals surface area contributed by atoms with Crippen molar-refractivity contribution in [2.75, 3.05) is 0 Å². The van der Waals surface area contributed by atoms with Crippen LogP contribution in [0.2, 0.25) is 5.02 Å². The Morgan fingerprint density at radius 1 is 1.62 bits per heavy atom. The zero-order valence-electron chi connectivity index (χ0n) is 8.32. The van der Waals surface area contributed by atoms with E-state index in [9.17, 15) is 14.3 Å². The van der Waals surface area contributed by atoms with Crippen LogP contribution in [0, 0.1) is 5.82 Å². The molecule has 0 amide bonds. The van der Waals surface area contributed by atoms with E-state index in [1.807, 2.05) is 0 Å². The minimum Gasteiger partial charge on any atom is -0.506 e. The van der Waals surface area contributed by atoms with Crippen molar-refractivity contribution in [2.45, 2.75) is 13.0 Å². The van der Waals surface area contributed by atoms with Crippen LogP contribution in [-0.4, -0.2) is 28.4 Å². The number of rotatable bonds is 3. The summed E-state index contributed by atoms with van der Waals surface area (Å²) in [6.07, 6.45) is 1.07. The number of aliphatic carboxylic acids is 1. The number of hydrogen-bond donors (Lipinski definition) is 2. The number of halogens is 2. The summed E-state index contributed by atoms with van der Waals surface area (Å²) in [5.41, 5.74) is 0.0399. The minimum absolute atomic E-state index is 0.0399. The lowest BCUT2D eigenvalue weighted by atomic mass is 10.2. The van der Waals surface area contributed by atoms with Gasteiger partial charge in [-0.3, -0.25) is 4.99 Å². The third-order valence-corrected chi connectivity index (χ3v) is 2.14. The second-order valence-electron chi connectivity index (χ2n) is 3.12. The van der Waals surface area contributed by atoms with Gasteiger partial charge in [0.1, 0.15) is 17.6 Å². The molecule has 86 valence electrons. The van der Waals surface area contributed by atoms with Crippen molar-refractivity contribution in [3.63, 3.8) is 0 Å². The molecule has 0 aliphatic heterocycles. The molecular weight excluding hydrogens is 237 g/mol. The summed E-state index contributed by atoms with van der Waals surface area (Å²) in [4.78, 5) is 14.1. The van der Waals surface area contributed by atoms with Gasteiger partial charge in [-0.05, 0) is 19.1 Å². The largest absolute Gasteiger partial charge is 0.506 e. The lowest BCUT2D eigenvalue weighted by Crippen LogP contribution is -2.13. The second kappa shape index (κ2) is 4.94. The molecule has 0 saturated heterocycles. The van der Waals surface area contributed by atoms with Gasteiger partial charge in [0.25, 0.3) is 0 Å². The van der Waals surface area contributed by atoms with Crippen LogP contribution in [0.4, 0.5) is 4.39 Å². The third kappa shape index (κ3) is 2.93. The summed E-state index contributed by atoms with van der Waals surface area (Å²) in [5.74, 6) is -2.07. The van der Waals surface area contributed by atoms with E-state index in [0.717, 1.165) is 18.3 Å². The van der Waals surface area contributed by atoms with E-state index < -0.39 is 17.8 Å². The molecule has 0 spiro atoms. The number of aliphatic imine (C=N–C) groups is 1. The average Bonchev–Trinajstić information content (AvgIpc) is 2.20. The number of phenolic OH excluding ortho intramolecular Hbond substituents is 1. The summed E-state index contributed by atoms with van der Waals surface area (Å²) in [5, 5.41) is 17.8. The molecule has 0 aromatic heterocycles. The van der Waals surface area contributed by atoms with Gasteiger partial charge in [-0.25, -0.2) is 9.18 Å². The molecule has 0 saturated carbocycles. The Hall–Kier alpha value is -1.62. The highest BCUT2D eigenvalue weighted by Gasteiger charge is 2.10. The lowest BCUT2D eigenvalue weighted by Gasteiger charge is -2.02. The van der Waals surface area contributed by atoms with Crippen molar-refractivity contribution >= 4 is 23.8 Å². The maximum Gasteiger partial charge on any atom is 0.328 e. The van der Waals surface area contributed by atoms with E-state index in [0.29, 0.717) is 0 Å². The molecule has 0 heterocycles. The van der Waals surface area contributed by atoms with Gasteiger partial charge >= 0.3 is 5.97 Å². The molecule has 0 fully saturated rings. The first-order valence-electron chi connectivity index (χ1n) is 4.36. The normalized spacial score (nSPS) is 12.9. The topological polar surface area (TPSA) is 69.9 Å². The number of carboxylic acid groups (broad SMARTS) is 1. The number of carboxylic acids is 1. The molecule has 1 aromatic rings. The summed E-state index contributed by atoms with van der Waals surface area (Å²) in [6.45, 7) is 1.36. The molecule has 4 nitrogen and oxygen atoms in total. The van der Waals surface area contributed by atoms with Crippen LogP contribution in [0.1, 0.15) is 12.5 Å². The Balaban J connectivity index is 3.01. The first-order chi connectivity index (χ1) is 7.41. The van der Waals surface area contributed by atoms with Gasteiger partial charge < -0.3 is 10.2 Å². The number of carbonyl (C=O) groups is 1. The molecule has 1 rings (SSSR count). The van der Waals surface area contributed by atoms with E-state index in [1.54, 1.807) is 0 Å². The molecule has 6 heteroatoms. The first kappa shape index (κ1) is 12.4. The van der Waals surface area contributed by atoms with Crippen molar-refractivity contribution < 1.29 is 19.4 Å². The predicted molar refractivity (Wildman–Crippen MR) is 57.8 cm³/mol. The van der Waals surface area contributed by atoms with E-state index in [1.165, 1.54) is 6.92 Å². The van der Waals surface area contributed by atoms with Gasteiger partial charge in [-0.1, -0.05) is 11.6 Å². The van der Waals surface area contributed by atoms with Gasteiger partial charge in [-0.15, -0.1) is 0 Å². The summed E-state index contributed by atoms with van der Waals surface area (Å²) in [7, 11) is 0. The summed E-state index contributed by atoms with van der Waals surface area (Å²) >= 11 is 5.53. The number of benzene rings is 1. The van der Waals surface area contributed by atoms with Crippen molar-refractivity contribution in [3.8, 4) is 5.75 Å². The Labute approximate surface area is 96.0 Å². The predicted octanol–water partition coefficient (Wildman–Crippen LogP) is 2.08. The first-order valence-corrected chi connectivity index (χ1v) is 4.73. The summed E-state index contributed by atoms with van der Waals surface area (Å²) < 4.78 is 12.9. The number of nitrogens with zero attached hydrogens (tertiary/aromatic N) is 1. The molecule has 0 bridgehead atoms. The smallest absolute Gasteiger partial charge is 0.328 e. The van der Waals surface area contributed by atoms with Crippen molar-refractivity contribution in [1.29, 1.82) is 0 Å². The number of hydrogen-bond acceptors (Lipinski definition) is 3. The Kier molecular flexibility index (Phi) is 3.84. The fraction of sp³-hybridized carbons (Fsp3) is 0.200. The minimum atomic E-state index is -1.11. The molecule has 1 aromatic carbocycles. The lowest BCUT2D eigenvalue weighted by molar-refractivity contribution is -0.137. The Bertz CT molecular complexity index is 448. The maximum atomic E-state index is 12.9. The molecule has 16 heavy (non-hydrogen) atoms. The highest BCUT2D eigenvalue weighted by Crippen LogP contribution is 2.27. The monoisotopic (exact) mass is 245 g/mol. The number of aromatic hydroxyl groups is 1. The molecule has 0 radical (unpaired) electrons. The van der Waals surface area contributed by atoms with Gasteiger partial charge in [0, 0.05) is 11.8 Å². The highest BCUT2D eigenvalue weighted by molar-refractivity contribution is 6.32. The maximum absolute atomic E-state index is 12.9. The standard InChI is InChI=1S/C10H9ClFNO3/c1-5(10(15)16)13-4-6-2-7(12)3-8(11)9(6)14/h2-5,14H,1H3,(H,15,16)/t5-/m0/s1. The SMILES string of the molecule is C[C@H](N=Cc1cc(F)cc(Cl)c1O)C(=O)O. The zero-order chi connectivity index (χ0) is 12.3. The van der Waals surface area contributed by atoms with Gasteiger partial charge in [0.05, 0.1) is 5.02 Å². The quantitative estimate of drug-likeness (QED) is 0.801. The van der Waals surface area contributed by atoms with Crippen LogP contribution >= 0.6 is 11.6 Å². The van der Waals surface area contributed by atoms with Crippen molar-refractivity contribution in [3.05, 3.63) is 28.5 Å². The molecule has 2 N–H and O–H groups in total. The molecule has 0 unspecified atom stereocenters. The van der Waals surface area contributed by atoms with Gasteiger partial charge in [0.15, 0.2) is 0 Å². The fourth-order valence-corrected chi connectivity index (χ4v) is 1.15. The number of phenols is 1. The van der Waals surface area contributed by atoms with Crippen molar-refractivity contribution in [2.24, 2.45) is 4.99 Å². The Morgan fingerprint density at radius 2 is 2.25 bits per heavy atom. The average molecular weight is 246 g/mol. The molecule has 0 aliphatic rings. The van der Waals surface area contributed by atoms with Crippen molar-refractivity contribution in [1.82, 2.24) is 0 Å². The van der Waals surface area contributed by atoms with Gasteiger partial charge in [-0.2, -0.15) is 0 Å². The van der Waals surface area contributed by atoms with Crippen LogP contribution in [0.3, 0.4) is 0 Å².